The normalized spacial score (nSPS) is 22.8. The Morgan fingerprint density at radius 3 is 2.56 bits per heavy atom. The molecular formula is C29H33F2N3OS. The zero-order chi connectivity index (χ0) is 25.5. The molecule has 7 heteroatoms. The van der Waals surface area contributed by atoms with E-state index in [1.807, 2.05) is 16.3 Å². The van der Waals surface area contributed by atoms with Gasteiger partial charge in [-0.1, -0.05) is 51.1 Å². The molecule has 2 heterocycles. The summed E-state index contributed by atoms with van der Waals surface area (Å²) in [7, 11) is 0. The number of carbonyl (C=O) groups excluding carboxylic acids is 1. The Balaban J connectivity index is 1.32. The molecule has 1 aliphatic carbocycles. The van der Waals surface area contributed by atoms with Crippen molar-refractivity contribution >= 4 is 17.2 Å². The van der Waals surface area contributed by atoms with Crippen molar-refractivity contribution in [3.8, 4) is 0 Å². The lowest BCUT2D eigenvalue weighted by atomic mass is 9.65. The van der Waals surface area contributed by atoms with E-state index in [1.165, 1.54) is 29.5 Å². The zero-order valence-electron chi connectivity index (χ0n) is 21.1. The third-order valence-corrected chi connectivity index (χ3v) is 8.31. The Labute approximate surface area is 216 Å². The number of benzene rings is 2. The number of hydrogen-bond acceptors (Lipinski definition) is 4. The molecule has 190 valence electrons. The average molecular weight is 510 g/mol. The van der Waals surface area contributed by atoms with E-state index in [2.05, 4.69) is 25.7 Å². The van der Waals surface area contributed by atoms with E-state index < -0.39 is 0 Å². The number of rotatable bonds is 7. The van der Waals surface area contributed by atoms with Crippen LogP contribution in [0.4, 0.5) is 8.78 Å². The molecule has 3 aromatic rings. The summed E-state index contributed by atoms with van der Waals surface area (Å²) in [5, 5.41) is 2.66. The second kappa shape index (κ2) is 9.67. The van der Waals surface area contributed by atoms with Gasteiger partial charge in [0.1, 0.15) is 22.3 Å². The molecule has 5 rings (SSSR count). The van der Waals surface area contributed by atoms with E-state index in [0.717, 1.165) is 36.4 Å². The van der Waals surface area contributed by atoms with Crippen LogP contribution in [0, 0.1) is 22.5 Å². The fraction of sp³-hybridized carbons (Fsp3) is 0.448. The molecule has 2 unspecified atom stereocenters. The predicted octanol–water partition coefficient (Wildman–Crippen LogP) is 6.66. The maximum absolute atomic E-state index is 14.4. The highest BCUT2D eigenvalue weighted by Crippen LogP contribution is 2.52. The highest BCUT2D eigenvalue weighted by molar-refractivity contribution is 7.09. The lowest BCUT2D eigenvalue weighted by molar-refractivity contribution is 0.0702. The maximum Gasteiger partial charge on any atom is 0.273 e. The SMILES string of the molecule is CC1(C)CC2CC(C)(CN2C(=O)c2csc(CN(Cc3ccc(F)cc3)Cc3ccccc3F)n2)C1. The summed E-state index contributed by atoms with van der Waals surface area (Å²) >= 11 is 1.46. The van der Waals surface area contributed by atoms with Crippen LogP contribution >= 0.6 is 11.3 Å². The number of carbonyl (C=O) groups is 1. The van der Waals surface area contributed by atoms with Crippen molar-refractivity contribution < 1.29 is 13.6 Å². The Bertz CT molecular complexity index is 1240. The molecule has 0 radical (unpaired) electrons. The van der Waals surface area contributed by atoms with Crippen LogP contribution in [0.25, 0.3) is 0 Å². The summed E-state index contributed by atoms with van der Waals surface area (Å²) in [6, 6.07) is 13.4. The molecular weight excluding hydrogens is 476 g/mol. The number of fused-ring (bicyclic) bond motifs is 2. The number of thiazole rings is 1. The van der Waals surface area contributed by atoms with Crippen LogP contribution < -0.4 is 0 Å². The van der Waals surface area contributed by atoms with Gasteiger partial charge < -0.3 is 4.90 Å². The van der Waals surface area contributed by atoms with E-state index in [9.17, 15) is 13.6 Å². The zero-order valence-corrected chi connectivity index (χ0v) is 22.0. The minimum absolute atomic E-state index is 0.0168. The van der Waals surface area contributed by atoms with E-state index in [4.69, 9.17) is 4.98 Å². The molecule has 2 aliphatic rings. The summed E-state index contributed by atoms with van der Waals surface area (Å²) < 4.78 is 27.8. The molecule has 2 atom stereocenters. The molecule has 1 saturated heterocycles. The Morgan fingerprint density at radius 2 is 1.81 bits per heavy atom. The van der Waals surface area contributed by atoms with Crippen LogP contribution in [-0.2, 0) is 19.6 Å². The van der Waals surface area contributed by atoms with Crippen molar-refractivity contribution in [2.45, 2.75) is 65.7 Å². The number of nitrogens with zero attached hydrogens (tertiary/aromatic N) is 3. The monoisotopic (exact) mass is 509 g/mol. The lowest BCUT2D eigenvalue weighted by Crippen LogP contribution is -2.37. The van der Waals surface area contributed by atoms with Crippen molar-refractivity contribution in [2.24, 2.45) is 10.8 Å². The molecule has 4 nitrogen and oxygen atoms in total. The topological polar surface area (TPSA) is 36.4 Å². The maximum atomic E-state index is 14.4. The number of aromatic nitrogens is 1. The largest absolute Gasteiger partial charge is 0.334 e. The van der Waals surface area contributed by atoms with Gasteiger partial charge in [-0.15, -0.1) is 11.3 Å². The molecule has 2 bridgehead atoms. The summed E-state index contributed by atoms with van der Waals surface area (Å²) in [5.41, 5.74) is 2.44. The van der Waals surface area contributed by atoms with Crippen molar-refractivity contribution in [1.29, 1.82) is 0 Å². The van der Waals surface area contributed by atoms with Crippen LogP contribution in [-0.4, -0.2) is 33.3 Å². The van der Waals surface area contributed by atoms with Gasteiger partial charge in [0.05, 0.1) is 6.54 Å². The van der Waals surface area contributed by atoms with Crippen LogP contribution in [0.15, 0.2) is 53.9 Å². The van der Waals surface area contributed by atoms with Crippen molar-refractivity contribution in [2.75, 3.05) is 6.54 Å². The van der Waals surface area contributed by atoms with Gasteiger partial charge in [-0.25, -0.2) is 13.8 Å². The first kappa shape index (κ1) is 25.0. The van der Waals surface area contributed by atoms with Gasteiger partial charge in [-0.05, 0) is 53.9 Å². The van der Waals surface area contributed by atoms with E-state index >= 15 is 0 Å². The molecule has 1 amide bonds. The van der Waals surface area contributed by atoms with Gasteiger partial charge in [-0.2, -0.15) is 0 Å². The van der Waals surface area contributed by atoms with Gasteiger partial charge in [0.25, 0.3) is 5.91 Å². The van der Waals surface area contributed by atoms with E-state index in [1.54, 1.807) is 24.3 Å². The van der Waals surface area contributed by atoms with E-state index in [-0.39, 0.29) is 34.4 Å². The number of amides is 1. The van der Waals surface area contributed by atoms with Crippen molar-refractivity contribution in [1.82, 2.24) is 14.8 Å². The average Bonchev–Trinajstić information content (AvgIpc) is 3.37. The molecule has 2 fully saturated rings. The summed E-state index contributed by atoms with van der Waals surface area (Å²) in [6.45, 7) is 9.06. The third kappa shape index (κ3) is 5.52. The predicted molar refractivity (Wildman–Crippen MR) is 138 cm³/mol. The molecule has 1 aliphatic heterocycles. The van der Waals surface area contributed by atoms with Crippen LogP contribution in [0.5, 0.6) is 0 Å². The fourth-order valence-corrected chi connectivity index (χ4v) is 7.21. The lowest BCUT2D eigenvalue weighted by Gasteiger charge is -2.39. The van der Waals surface area contributed by atoms with Crippen molar-refractivity contribution in [3.05, 3.63) is 87.4 Å². The fourth-order valence-electron chi connectivity index (χ4n) is 6.40. The Kier molecular flexibility index (Phi) is 6.72. The van der Waals surface area contributed by atoms with Crippen LogP contribution in [0.3, 0.4) is 0 Å². The third-order valence-electron chi connectivity index (χ3n) is 7.48. The molecule has 0 N–H and O–H groups in total. The Morgan fingerprint density at radius 1 is 1.06 bits per heavy atom. The van der Waals surface area contributed by atoms with Gasteiger partial charge in [0.15, 0.2) is 0 Å². The van der Waals surface area contributed by atoms with Gasteiger partial charge in [0, 0.05) is 36.6 Å². The minimum Gasteiger partial charge on any atom is -0.334 e. The second-order valence-electron chi connectivity index (χ2n) is 11.6. The quantitative estimate of drug-likeness (QED) is 0.357. The highest BCUT2D eigenvalue weighted by atomic mass is 32.1. The summed E-state index contributed by atoms with van der Waals surface area (Å²) in [4.78, 5) is 22.3. The first-order valence-corrected chi connectivity index (χ1v) is 13.4. The van der Waals surface area contributed by atoms with Gasteiger partial charge in [-0.3, -0.25) is 9.69 Å². The van der Waals surface area contributed by atoms with E-state index in [0.29, 0.717) is 30.9 Å². The molecule has 1 saturated carbocycles. The summed E-state index contributed by atoms with van der Waals surface area (Å²) in [5.74, 6) is -0.526. The van der Waals surface area contributed by atoms with Crippen LogP contribution in [0.2, 0.25) is 0 Å². The first-order chi connectivity index (χ1) is 17.1. The molecule has 1 aromatic heterocycles. The highest BCUT2D eigenvalue weighted by Gasteiger charge is 2.51. The van der Waals surface area contributed by atoms with Gasteiger partial charge in [0.2, 0.25) is 0 Å². The summed E-state index contributed by atoms with van der Waals surface area (Å²) in [6.07, 6.45) is 3.23. The molecule has 2 aromatic carbocycles. The van der Waals surface area contributed by atoms with Crippen molar-refractivity contribution in [3.63, 3.8) is 0 Å². The number of likely N-dealkylation sites (tertiary alicyclic amines) is 1. The first-order valence-electron chi connectivity index (χ1n) is 12.5. The number of halogens is 2. The molecule has 0 spiro atoms. The minimum atomic E-state index is -0.286. The molecule has 36 heavy (non-hydrogen) atoms. The number of hydrogen-bond donors (Lipinski definition) is 0. The Hall–Kier alpha value is -2.64. The standard InChI is InChI=1S/C29H33F2N3OS/c1-28(2)12-23-13-29(3,18-28)19-34(23)27(35)25-17-36-26(32-25)16-33(14-20-8-10-22(30)11-9-20)15-21-6-4-5-7-24(21)31/h4-11,17,23H,12-16,18-19H2,1-3H3. The smallest absolute Gasteiger partial charge is 0.273 e. The van der Waals surface area contributed by atoms with Gasteiger partial charge >= 0.3 is 0 Å². The van der Waals surface area contributed by atoms with Crippen LogP contribution in [0.1, 0.15) is 66.7 Å². The second-order valence-corrected chi connectivity index (χ2v) is 12.6.